The highest BCUT2D eigenvalue weighted by Crippen LogP contribution is 2.35. The summed E-state index contributed by atoms with van der Waals surface area (Å²) in [7, 11) is 0. The Morgan fingerprint density at radius 1 is 1.36 bits per heavy atom. The topological polar surface area (TPSA) is 67.5 Å². The lowest BCUT2D eigenvalue weighted by Crippen LogP contribution is -2.07. The van der Waals surface area contributed by atoms with Crippen LogP contribution in [0, 0.1) is 10.1 Å². The Hall–Kier alpha value is -2.42. The van der Waals surface area contributed by atoms with Gasteiger partial charge in [-0.2, -0.15) is 18.3 Å². The molecule has 0 aliphatic carbocycles. The van der Waals surface area contributed by atoms with Crippen LogP contribution in [0.4, 0.5) is 24.5 Å². The number of nitro benzene ring substituents is 1. The van der Waals surface area contributed by atoms with E-state index in [0.717, 1.165) is 17.0 Å². The Morgan fingerprint density at radius 2 is 2.09 bits per heavy atom. The summed E-state index contributed by atoms with van der Waals surface area (Å²) in [6.07, 6.45) is -4.64. The second-order valence-corrected chi connectivity index (χ2v) is 5.22. The Bertz CT molecular complexity index is 712. The summed E-state index contributed by atoms with van der Waals surface area (Å²) in [5.74, 6) is 0. The average molecular weight is 329 g/mol. The SMILES string of the molecule is C/C(=N\Nc1ccc(C(F)(F)F)cc1[N+](=O)[O-])c1cccs1. The van der Waals surface area contributed by atoms with E-state index in [1.807, 2.05) is 17.5 Å². The van der Waals surface area contributed by atoms with Crippen LogP contribution >= 0.6 is 11.3 Å². The second-order valence-electron chi connectivity index (χ2n) is 4.27. The van der Waals surface area contributed by atoms with Crippen molar-refractivity contribution < 1.29 is 18.1 Å². The van der Waals surface area contributed by atoms with Crippen LogP contribution in [-0.2, 0) is 6.18 Å². The summed E-state index contributed by atoms with van der Waals surface area (Å²) in [5, 5.41) is 16.7. The molecule has 0 bridgehead atoms. The molecule has 0 amide bonds. The van der Waals surface area contributed by atoms with Gasteiger partial charge in [0.25, 0.3) is 5.69 Å². The van der Waals surface area contributed by atoms with E-state index in [-0.39, 0.29) is 5.69 Å². The maximum atomic E-state index is 12.6. The van der Waals surface area contributed by atoms with E-state index in [9.17, 15) is 23.3 Å². The summed E-state index contributed by atoms with van der Waals surface area (Å²) in [4.78, 5) is 10.9. The standard InChI is InChI=1S/C13H10F3N3O2S/c1-8(12-3-2-6-22-12)17-18-10-5-4-9(13(14,15)16)7-11(10)19(20)21/h2-7,18H,1H3/b17-8+. The lowest BCUT2D eigenvalue weighted by Gasteiger charge is -2.08. The molecule has 0 aliphatic heterocycles. The number of rotatable bonds is 4. The fourth-order valence-electron chi connectivity index (χ4n) is 1.64. The van der Waals surface area contributed by atoms with Gasteiger partial charge in [-0.05, 0) is 30.5 Å². The average Bonchev–Trinajstić information content (AvgIpc) is 2.97. The number of nitrogens with one attached hydrogen (secondary N) is 1. The third-order valence-electron chi connectivity index (χ3n) is 2.74. The van der Waals surface area contributed by atoms with Crippen molar-refractivity contribution in [1.82, 2.24) is 0 Å². The minimum atomic E-state index is -4.64. The van der Waals surface area contributed by atoms with Crippen LogP contribution in [0.3, 0.4) is 0 Å². The molecule has 22 heavy (non-hydrogen) atoms. The summed E-state index contributed by atoms with van der Waals surface area (Å²) in [6.45, 7) is 1.69. The monoisotopic (exact) mass is 329 g/mol. The van der Waals surface area contributed by atoms with Crippen molar-refractivity contribution in [2.24, 2.45) is 5.10 Å². The molecule has 5 nitrogen and oxygen atoms in total. The molecular weight excluding hydrogens is 319 g/mol. The van der Waals surface area contributed by atoms with Gasteiger partial charge >= 0.3 is 6.18 Å². The summed E-state index contributed by atoms with van der Waals surface area (Å²) in [5.41, 5.74) is 1.15. The number of thiophene rings is 1. The zero-order valence-electron chi connectivity index (χ0n) is 11.2. The number of halogens is 3. The first kappa shape index (κ1) is 16.0. The van der Waals surface area contributed by atoms with E-state index in [1.54, 1.807) is 6.92 Å². The van der Waals surface area contributed by atoms with Gasteiger partial charge < -0.3 is 0 Å². The molecule has 1 heterocycles. The number of benzene rings is 1. The van der Waals surface area contributed by atoms with Gasteiger partial charge in [0.15, 0.2) is 0 Å². The van der Waals surface area contributed by atoms with Gasteiger partial charge in [-0.15, -0.1) is 11.3 Å². The van der Waals surface area contributed by atoms with Crippen molar-refractivity contribution in [3.63, 3.8) is 0 Å². The molecule has 116 valence electrons. The number of nitro groups is 1. The third kappa shape index (κ3) is 3.61. The van der Waals surface area contributed by atoms with Gasteiger partial charge in [-0.25, -0.2) is 0 Å². The second kappa shape index (κ2) is 6.14. The molecule has 0 saturated heterocycles. The molecular formula is C13H10F3N3O2S. The lowest BCUT2D eigenvalue weighted by molar-refractivity contribution is -0.384. The van der Waals surface area contributed by atoms with E-state index in [4.69, 9.17) is 0 Å². The zero-order chi connectivity index (χ0) is 16.3. The highest BCUT2D eigenvalue weighted by Gasteiger charge is 2.33. The number of hydrogen-bond acceptors (Lipinski definition) is 5. The molecule has 0 radical (unpaired) electrons. The predicted octanol–water partition coefficient (Wildman–Crippen LogP) is 4.51. The van der Waals surface area contributed by atoms with Crippen molar-refractivity contribution >= 4 is 28.4 Å². The highest BCUT2D eigenvalue weighted by molar-refractivity contribution is 7.12. The van der Waals surface area contributed by atoms with E-state index in [0.29, 0.717) is 11.8 Å². The lowest BCUT2D eigenvalue weighted by atomic mass is 10.1. The Balaban J connectivity index is 2.31. The minimum Gasteiger partial charge on any atom is -0.271 e. The quantitative estimate of drug-likeness (QED) is 0.510. The minimum absolute atomic E-state index is 0.103. The van der Waals surface area contributed by atoms with Crippen molar-refractivity contribution in [3.8, 4) is 0 Å². The molecule has 0 saturated carbocycles. The molecule has 0 fully saturated rings. The van der Waals surface area contributed by atoms with Crippen LogP contribution < -0.4 is 5.43 Å². The fraction of sp³-hybridized carbons (Fsp3) is 0.154. The van der Waals surface area contributed by atoms with Crippen LogP contribution in [0.2, 0.25) is 0 Å². The number of nitrogens with zero attached hydrogens (tertiary/aromatic N) is 2. The largest absolute Gasteiger partial charge is 0.416 e. The Labute approximate surface area is 127 Å². The van der Waals surface area contributed by atoms with E-state index in [1.165, 1.54) is 11.3 Å². The van der Waals surface area contributed by atoms with Crippen molar-refractivity contribution in [2.45, 2.75) is 13.1 Å². The van der Waals surface area contributed by atoms with Gasteiger partial charge in [0, 0.05) is 10.9 Å². The normalized spacial score (nSPS) is 12.3. The van der Waals surface area contributed by atoms with E-state index in [2.05, 4.69) is 10.5 Å². The fourth-order valence-corrected chi connectivity index (χ4v) is 2.31. The van der Waals surface area contributed by atoms with Gasteiger partial charge in [0.1, 0.15) is 5.69 Å². The third-order valence-corrected chi connectivity index (χ3v) is 3.72. The van der Waals surface area contributed by atoms with Crippen LogP contribution in [0.1, 0.15) is 17.4 Å². The van der Waals surface area contributed by atoms with E-state index >= 15 is 0 Å². The first-order valence-electron chi connectivity index (χ1n) is 5.99. The van der Waals surface area contributed by atoms with Crippen LogP contribution in [0.15, 0.2) is 40.8 Å². The summed E-state index contributed by atoms with van der Waals surface area (Å²) >= 11 is 1.43. The molecule has 0 unspecified atom stereocenters. The smallest absolute Gasteiger partial charge is 0.271 e. The maximum Gasteiger partial charge on any atom is 0.416 e. The van der Waals surface area contributed by atoms with E-state index < -0.39 is 22.4 Å². The Morgan fingerprint density at radius 3 is 2.64 bits per heavy atom. The van der Waals surface area contributed by atoms with Crippen LogP contribution in [0.5, 0.6) is 0 Å². The summed E-state index contributed by atoms with van der Waals surface area (Å²) < 4.78 is 37.8. The van der Waals surface area contributed by atoms with Gasteiger partial charge in [-0.1, -0.05) is 6.07 Å². The molecule has 2 aromatic rings. The van der Waals surface area contributed by atoms with Crippen LogP contribution in [-0.4, -0.2) is 10.6 Å². The molecule has 1 aromatic heterocycles. The van der Waals surface area contributed by atoms with Crippen LogP contribution in [0.25, 0.3) is 0 Å². The van der Waals surface area contributed by atoms with Crippen molar-refractivity contribution in [2.75, 3.05) is 5.43 Å². The molecule has 1 aromatic carbocycles. The number of anilines is 1. The molecule has 1 N–H and O–H groups in total. The first-order valence-corrected chi connectivity index (χ1v) is 6.87. The number of hydrazone groups is 1. The van der Waals surface area contributed by atoms with Crippen molar-refractivity contribution in [3.05, 3.63) is 56.3 Å². The highest BCUT2D eigenvalue weighted by atomic mass is 32.1. The van der Waals surface area contributed by atoms with Gasteiger partial charge in [-0.3, -0.25) is 15.5 Å². The summed E-state index contributed by atoms with van der Waals surface area (Å²) in [6, 6.07) is 5.88. The van der Waals surface area contributed by atoms with Gasteiger partial charge in [0.2, 0.25) is 0 Å². The number of hydrogen-bond donors (Lipinski definition) is 1. The molecule has 2 rings (SSSR count). The number of alkyl halides is 3. The molecule has 0 aliphatic rings. The Kier molecular flexibility index (Phi) is 4.45. The molecule has 9 heteroatoms. The van der Waals surface area contributed by atoms with Crippen molar-refractivity contribution in [1.29, 1.82) is 0 Å². The van der Waals surface area contributed by atoms with Gasteiger partial charge in [0.05, 0.1) is 16.2 Å². The maximum absolute atomic E-state index is 12.6. The molecule has 0 atom stereocenters. The molecule has 0 spiro atoms. The zero-order valence-corrected chi connectivity index (χ0v) is 12.0. The first-order chi connectivity index (χ1) is 10.3. The predicted molar refractivity (Wildman–Crippen MR) is 78.3 cm³/mol.